The number of carbonyl (C=O) groups excluding carboxylic acids is 2. The number of halogens is 1. The molecule has 1 fully saturated rings. The van der Waals surface area contributed by atoms with Gasteiger partial charge in [-0.2, -0.15) is 0 Å². The van der Waals surface area contributed by atoms with Gasteiger partial charge in [0, 0.05) is 29.9 Å². The van der Waals surface area contributed by atoms with Crippen LogP contribution in [0.4, 0.5) is 11.5 Å². The molecule has 50 heavy (non-hydrogen) atoms. The molecule has 5 atom stereocenters. The normalized spacial score (nSPS) is 27.2. The molecular weight excluding hydrogens is 678 g/mol. The van der Waals surface area contributed by atoms with E-state index in [9.17, 15) is 23.1 Å². The average molecular weight is 724 g/mol. The predicted octanol–water partition coefficient (Wildman–Crippen LogP) is 5.91. The number of nitrogens with one attached hydrogen (secondary N) is 2. The predicted molar refractivity (Wildman–Crippen MR) is 193 cm³/mol. The second kappa shape index (κ2) is 15.2. The summed E-state index contributed by atoms with van der Waals surface area (Å²) >= 11 is 6.35. The van der Waals surface area contributed by atoms with Crippen LogP contribution in [0.1, 0.15) is 86.7 Å². The fourth-order valence-corrected chi connectivity index (χ4v) is 9.15. The van der Waals surface area contributed by atoms with Crippen molar-refractivity contribution in [2.45, 2.75) is 89.1 Å². The lowest BCUT2D eigenvalue weighted by Gasteiger charge is -2.49. The molecule has 0 unspecified atom stereocenters. The molecule has 2 bridgehead atoms. The first-order chi connectivity index (χ1) is 23.9. The molecule has 0 radical (unpaired) electrons. The third kappa shape index (κ3) is 8.24. The molecule has 0 spiro atoms. The van der Waals surface area contributed by atoms with Crippen LogP contribution in [0, 0.1) is 17.8 Å². The lowest BCUT2D eigenvalue weighted by molar-refractivity contribution is -0.132. The molecule has 2 aliphatic heterocycles. The summed E-state index contributed by atoms with van der Waals surface area (Å²) in [5, 5.41) is 15.0. The van der Waals surface area contributed by atoms with Crippen molar-refractivity contribution in [3.05, 3.63) is 76.7 Å². The number of aromatic nitrogens is 2. The summed E-state index contributed by atoms with van der Waals surface area (Å²) in [6.45, 7) is 4.97. The second-order valence-corrected chi connectivity index (χ2v) is 16.7. The lowest BCUT2D eigenvalue weighted by Crippen LogP contribution is -2.52. The fourth-order valence-electron chi connectivity index (χ4n) is 7.64. The van der Waals surface area contributed by atoms with E-state index in [-0.39, 0.29) is 35.6 Å². The summed E-state index contributed by atoms with van der Waals surface area (Å²) < 4.78 is 35.6. The van der Waals surface area contributed by atoms with Crippen LogP contribution in [0.2, 0.25) is 5.02 Å². The SMILES string of the molecule is C[C@@H]1[C@@H](C)CCC[C@](O)(CC(=O)Nc2ccncn2)[C@@H]2CC[C@H]2CN2CCCCc3cc(Cl)ccc3COc3ccc(cc32)C(=O)NS1(=O)=O. The van der Waals surface area contributed by atoms with E-state index in [4.69, 9.17) is 16.3 Å². The van der Waals surface area contributed by atoms with Gasteiger partial charge in [-0.05, 0) is 117 Å². The summed E-state index contributed by atoms with van der Waals surface area (Å²) in [5.41, 5.74) is 1.76. The summed E-state index contributed by atoms with van der Waals surface area (Å²) in [7, 11) is -4.02. The van der Waals surface area contributed by atoms with Crippen molar-refractivity contribution in [2.75, 3.05) is 23.3 Å². The highest BCUT2D eigenvalue weighted by Crippen LogP contribution is 2.47. The Labute approximate surface area is 299 Å². The number of hydrogen-bond donors (Lipinski definition) is 3. The Kier molecular flexibility index (Phi) is 11.0. The molecule has 3 N–H and O–H groups in total. The summed E-state index contributed by atoms with van der Waals surface area (Å²) in [6.07, 6.45) is 8.35. The topological polar surface area (TPSA) is 151 Å². The number of hydrogen-bond acceptors (Lipinski definition) is 9. The van der Waals surface area contributed by atoms with Crippen molar-refractivity contribution in [2.24, 2.45) is 17.8 Å². The zero-order valence-electron chi connectivity index (χ0n) is 28.6. The monoisotopic (exact) mass is 723 g/mol. The smallest absolute Gasteiger partial charge is 0.264 e. The van der Waals surface area contributed by atoms with Crippen LogP contribution >= 0.6 is 11.6 Å². The Morgan fingerprint density at radius 1 is 1.10 bits per heavy atom. The van der Waals surface area contributed by atoms with Gasteiger partial charge in [0.25, 0.3) is 5.91 Å². The van der Waals surface area contributed by atoms with Gasteiger partial charge in [-0.1, -0.05) is 31.0 Å². The molecule has 1 aliphatic carbocycles. The number of ether oxygens (including phenoxy) is 1. The number of aliphatic hydroxyl groups is 1. The van der Waals surface area contributed by atoms with Crippen LogP contribution in [0.15, 0.2) is 55.0 Å². The van der Waals surface area contributed by atoms with E-state index < -0.39 is 26.8 Å². The second-order valence-electron chi connectivity index (χ2n) is 14.2. The third-order valence-corrected chi connectivity index (χ3v) is 13.1. The third-order valence-electron chi connectivity index (χ3n) is 10.9. The van der Waals surface area contributed by atoms with Crippen LogP contribution < -0.4 is 19.7 Å². The van der Waals surface area contributed by atoms with Crippen molar-refractivity contribution in [3.8, 4) is 5.75 Å². The molecule has 1 aromatic heterocycles. The standard InChI is InChI=1S/C37H46ClN5O6S/c1-24-6-5-15-37(46,20-35(44)41-34-14-16-39-23-40-34)31-12-9-28(31)21-43-17-4-3-7-26-18-30(38)11-8-29(26)22-49-33-13-10-27(19-32(33)43)36(45)42-50(47,48)25(24)2/h8,10-11,13-14,16,18-19,23-25,28,31,46H,3-7,9,12,15,17,20-22H2,1-2H3,(H,42,45)(H,39,40,41,44)/t24-,25+,28-,31+,37-/m0/s1. The Morgan fingerprint density at radius 2 is 1.94 bits per heavy atom. The fraction of sp³-hybridized carbons (Fsp3) is 0.514. The first-order valence-electron chi connectivity index (χ1n) is 17.5. The maximum absolute atomic E-state index is 13.5. The number of amides is 2. The first-order valence-corrected chi connectivity index (χ1v) is 19.5. The molecule has 3 aromatic rings. The molecule has 13 heteroatoms. The van der Waals surface area contributed by atoms with Crippen molar-refractivity contribution in [3.63, 3.8) is 0 Å². The maximum atomic E-state index is 13.5. The van der Waals surface area contributed by atoms with Crippen molar-refractivity contribution < 1.29 is 27.9 Å². The minimum atomic E-state index is -4.02. The number of fused-ring (bicyclic) bond motifs is 3. The lowest BCUT2D eigenvalue weighted by atomic mass is 9.62. The number of aryl methyl sites for hydroxylation is 1. The highest BCUT2D eigenvalue weighted by atomic mass is 35.5. The molecule has 3 aliphatic rings. The van der Waals surface area contributed by atoms with Crippen molar-refractivity contribution >= 4 is 44.9 Å². The maximum Gasteiger partial charge on any atom is 0.264 e. The summed E-state index contributed by atoms with van der Waals surface area (Å²) in [5.74, 6) is -0.479. The largest absolute Gasteiger partial charge is 0.487 e. The molecule has 11 nitrogen and oxygen atoms in total. The van der Waals surface area contributed by atoms with E-state index in [0.29, 0.717) is 61.2 Å². The molecule has 6 rings (SSSR count). The van der Waals surface area contributed by atoms with Crippen molar-refractivity contribution in [1.29, 1.82) is 0 Å². The van der Waals surface area contributed by atoms with Gasteiger partial charge in [-0.15, -0.1) is 0 Å². The van der Waals surface area contributed by atoms with Gasteiger partial charge in [0.1, 0.15) is 24.5 Å². The van der Waals surface area contributed by atoms with Crippen LogP contribution in [0.5, 0.6) is 5.75 Å². The number of rotatable bonds is 3. The minimum absolute atomic E-state index is 0.0722. The Bertz CT molecular complexity index is 1810. The van der Waals surface area contributed by atoms with Crippen molar-refractivity contribution in [1.82, 2.24) is 14.7 Å². The van der Waals surface area contributed by atoms with E-state index in [2.05, 4.69) is 24.9 Å². The molecule has 3 heterocycles. The van der Waals surface area contributed by atoms with Gasteiger partial charge in [-0.25, -0.2) is 23.1 Å². The van der Waals surface area contributed by atoms with Gasteiger partial charge < -0.3 is 20.1 Å². The van der Waals surface area contributed by atoms with Gasteiger partial charge in [0.15, 0.2) is 0 Å². The molecule has 268 valence electrons. The zero-order valence-corrected chi connectivity index (χ0v) is 30.2. The van der Waals surface area contributed by atoms with Gasteiger partial charge in [-0.3, -0.25) is 9.59 Å². The zero-order chi connectivity index (χ0) is 35.5. The Morgan fingerprint density at radius 3 is 2.70 bits per heavy atom. The van der Waals surface area contributed by atoms with Crippen LogP contribution in [0.25, 0.3) is 0 Å². The highest BCUT2D eigenvalue weighted by Gasteiger charge is 2.48. The van der Waals surface area contributed by atoms with E-state index in [1.807, 2.05) is 25.1 Å². The Hall–Kier alpha value is -3.74. The number of carbonyl (C=O) groups is 2. The number of anilines is 2. The molecule has 2 aromatic carbocycles. The van der Waals surface area contributed by atoms with E-state index >= 15 is 0 Å². The number of sulfonamides is 1. The van der Waals surface area contributed by atoms with Crippen LogP contribution in [0.3, 0.4) is 0 Å². The Balaban J connectivity index is 1.36. The van der Waals surface area contributed by atoms with Gasteiger partial charge in [0.05, 0.1) is 23.0 Å². The highest BCUT2D eigenvalue weighted by molar-refractivity contribution is 7.90. The molecule has 1 saturated carbocycles. The molecule has 2 amide bonds. The molecular formula is C37H46ClN5O6S. The van der Waals surface area contributed by atoms with E-state index in [1.165, 1.54) is 6.33 Å². The summed E-state index contributed by atoms with van der Waals surface area (Å²) in [6, 6.07) is 12.5. The van der Waals surface area contributed by atoms with E-state index in [0.717, 1.165) is 43.2 Å². The number of benzene rings is 2. The van der Waals surface area contributed by atoms with Gasteiger partial charge >= 0.3 is 0 Å². The van der Waals surface area contributed by atoms with E-state index in [1.54, 1.807) is 37.4 Å². The summed E-state index contributed by atoms with van der Waals surface area (Å²) in [4.78, 5) is 37.1. The minimum Gasteiger partial charge on any atom is -0.487 e. The quantitative estimate of drug-likeness (QED) is 0.300. The molecule has 0 saturated heterocycles. The van der Waals surface area contributed by atoms with Crippen LogP contribution in [-0.4, -0.2) is 59.2 Å². The number of nitrogens with zero attached hydrogens (tertiary/aromatic N) is 3. The first kappa shape index (κ1) is 36.1. The average Bonchev–Trinajstić information content (AvgIpc) is 3.09. The van der Waals surface area contributed by atoms with Gasteiger partial charge in [0.2, 0.25) is 15.9 Å². The van der Waals surface area contributed by atoms with Crippen LogP contribution in [-0.2, 0) is 27.8 Å².